The Morgan fingerprint density at radius 2 is 1.61 bits per heavy atom. The van der Waals surface area contributed by atoms with Gasteiger partial charge in [0.1, 0.15) is 0 Å². The Hall–Kier alpha value is -1.21. The van der Waals surface area contributed by atoms with E-state index >= 15 is 0 Å². The first-order chi connectivity index (χ1) is 8.03. The van der Waals surface area contributed by atoms with Gasteiger partial charge in [-0.1, -0.05) is 12.2 Å². The SMILES string of the molecule is O=C(O)[C@@H]1[C@@H]2C=C[C@H](C2)C1(C(F)(F)F)C(F)(F)F. The van der Waals surface area contributed by atoms with E-state index in [1.807, 2.05) is 0 Å². The maximum atomic E-state index is 13.0. The average molecular weight is 274 g/mol. The number of carboxylic acids is 1. The van der Waals surface area contributed by atoms with Crippen LogP contribution in [0.15, 0.2) is 12.2 Å². The molecule has 1 saturated carbocycles. The zero-order chi connectivity index (χ0) is 13.9. The van der Waals surface area contributed by atoms with Crippen LogP contribution >= 0.6 is 0 Å². The fourth-order valence-electron chi connectivity index (χ4n) is 3.19. The van der Waals surface area contributed by atoms with Gasteiger partial charge in [-0.3, -0.25) is 4.79 Å². The highest BCUT2D eigenvalue weighted by molar-refractivity contribution is 5.73. The minimum Gasteiger partial charge on any atom is -0.481 e. The standard InChI is InChI=1S/C10H8F6O2/c11-9(12,13)8(10(14,15)16)5-2-1-4(3-5)6(8)7(17)18/h1-2,4-6H,3H2,(H,17,18)/t4-,5-,6+/m1/s1. The smallest absolute Gasteiger partial charge is 0.404 e. The van der Waals surface area contributed by atoms with Crippen LogP contribution < -0.4 is 0 Å². The van der Waals surface area contributed by atoms with Crippen molar-refractivity contribution in [2.75, 3.05) is 0 Å². The van der Waals surface area contributed by atoms with Crippen LogP contribution in [0.2, 0.25) is 0 Å². The number of hydrogen-bond acceptors (Lipinski definition) is 1. The van der Waals surface area contributed by atoms with Gasteiger partial charge in [0.15, 0.2) is 5.41 Å². The summed E-state index contributed by atoms with van der Waals surface area (Å²) < 4.78 is 77.8. The van der Waals surface area contributed by atoms with Crippen molar-refractivity contribution >= 4 is 5.97 Å². The third kappa shape index (κ3) is 1.34. The van der Waals surface area contributed by atoms with Crippen LogP contribution in [0.1, 0.15) is 6.42 Å². The number of rotatable bonds is 1. The first-order valence-electron chi connectivity index (χ1n) is 5.08. The summed E-state index contributed by atoms with van der Waals surface area (Å²) in [7, 11) is 0. The van der Waals surface area contributed by atoms with Crippen LogP contribution in [0.5, 0.6) is 0 Å². The van der Waals surface area contributed by atoms with Crippen LogP contribution in [-0.4, -0.2) is 23.4 Å². The summed E-state index contributed by atoms with van der Waals surface area (Å²) in [4.78, 5) is 10.9. The van der Waals surface area contributed by atoms with Crippen molar-refractivity contribution in [3.63, 3.8) is 0 Å². The third-order valence-electron chi connectivity index (χ3n) is 3.82. The maximum absolute atomic E-state index is 13.0. The number of alkyl halides is 6. The second-order valence-corrected chi connectivity index (χ2v) is 4.57. The first kappa shape index (κ1) is 13.2. The molecule has 2 aliphatic rings. The fourth-order valence-corrected chi connectivity index (χ4v) is 3.19. The van der Waals surface area contributed by atoms with E-state index in [0.29, 0.717) is 0 Å². The Morgan fingerprint density at radius 1 is 1.11 bits per heavy atom. The Kier molecular flexibility index (Phi) is 2.51. The van der Waals surface area contributed by atoms with Crippen molar-refractivity contribution in [2.45, 2.75) is 18.8 Å². The van der Waals surface area contributed by atoms with E-state index in [4.69, 9.17) is 5.11 Å². The normalized spacial score (nSPS) is 34.0. The third-order valence-corrected chi connectivity index (χ3v) is 3.82. The molecule has 0 heterocycles. The van der Waals surface area contributed by atoms with Crippen molar-refractivity contribution in [3.05, 3.63) is 12.2 Å². The summed E-state index contributed by atoms with van der Waals surface area (Å²) in [5.74, 6) is -7.60. The molecule has 1 fully saturated rings. The molecule has 3 atom stereocenters. The molecule has 0 aromatic rings. The highest BCUT2D eigenvalue weighted by Crippen LogP contribution is 2.69. The number of carboxylic acid groups (broad SMARTS) is 1. The quantitative estimate of drug-likeness (QED) is 0.589. The van der Waals surface area contributed by atoms with Crippen LogP contribution in [-0.2, 0) is 4.79 Å². The monoisotopic (exact) mass is 274 g/mol. The summed E-state index contributed by atoms with van der Waals surface area (Å²) in [5.41, 5.74) is -4.16. The van der Waals surface area contributed by atoms with Gasteiger partial charge >= 0.3 is 18.3 Å². The van der Waals surface area contributed by atoms with Gasteiger partial charge in [-0.25, -0.2) is 0 Å². The zero-order valence-corrected chi connectivity index (χ0v) is 8.72. The lowest BCUT2D eigenvalue weighted by Crippen LogP contribution is -2.59. The molecule has 102 valence electrons. The molecule has 0 aromatic carbocycles. The summed E-state index contributed by atoms with van der Waals surface area (Å²) in [6, 6.07) is 0. The van der Waals surface area contributed by atoms with Crippen LogP contribution in [0, 0.1) is 23.2 Å². The van der Waals surface area contributed by atoms with Crippen LogP contribution in [0.3, 0.4) is 0 Å². The predicted molar refractivity (Wildman–Crippen MR) is 46.4 cm³/mol. The fraction of sp³-hybridized carbons (Fsp3) is 0.700. The molecule has 0 saturated heterocycles. The van der Waals surface area contributed by atoms with Crippen molar-refractivity contribution in [2.24, 2.45) is 23.2 Å². The van der Waals surface area contributed by atoms with E-state index in [1.54, 1.807) is 0 Å². The molecule has 0 unspecified atom stereocenters. The molecule has 0 amide bonds. The number of carbonyl (C=O) groups is 1. The molecule has 18 heavy (non-hydrogen) atoms. The number of halogens is 6. The number of hydrogen-bond donors (Lipinski definition) is 1. The van der Waals surface area contributed by atoms with Gasteiger partial charge in [0.2, 0.25) is 0 Å². The maximum Gasteiger partial charge on any atom is 0.404 e. The topological polar surface area (TPSA) is 37.3 Å². The minimum absolute atomic E-state index is 0.421. The van der Waals surface area contributed by atoms with Crippen molar-refractivity contribution in [3.8, 4) is 0 Å². The lowest BCUT2D eigenvalue weighted by Gasteiger charge is -2.42. The second kappa shape index (κ2) is 3.42. The number of fused-ring (bicyclic) bond motifs is 2. The molecule has 0 spiro atoms. The van der Waals surface area contributed by atoms with E-state index < -0.39 is 47.9 Å². The molecule has 2 bridgehead atoms. The van der Waals surface area contributed by atoms with Crippen LogP contribution in [0.25, 0.3) is 0 Å². The van der Waals surface area contributed by atoms with Gasteiger partial charge in [0.05, 0.1) is 5.92 Å². The molecular formula is C10H8F6O2. The van der Waals surface area contributed by atoms with Crippen molar-refractivity contribution in [1.82, 2.24) is 0 Å². The van der Waals surface area contributed by atoms with Gasteiger partial charge in [0, 0.05) is 5.92 Å². The number of aliphatic carboxylic acids is 1. The largest absolute Gasteiger partial charge is 0.481 e. The molecule has 2 aliphatic carbocycles. The van der Waals surface area contributed by atoms with Crippen molar-refractivity contribution < 1.29 is 36.2 Å². The predicted octanol–water partition coefficient (Wildman–Crippen LogP) is 3.00. The highest BCUT2D eigenvalue weighted by Gasteiger charge is 2.82. The summed E-state index contributed by atoms with van der Waals surface area (Å²) >= 11 is 0. The van der Waals surface area contributed by atoms with Gasteiger partial charge in [-0.05, 0) is 12.3 Å². The Morgan fingerprint density at radius 3 is 1.94 bits per heavy atom. The van der Waals surface area contributed by atoms with Gasteiger partial charge in [0.25, 0.3) is 0 Å². The van der Waals surface area contributed by atoms with E-state index in [9.17, 15) is 31.1 Å². The van der Waals surface area contributed by atoms with Gasteiger partial charge < -0.3 is 5.11 Å². The Balaban J connectivity index is 2.66. The Labute approximate surface area is 97.3 Å². The summed E-state index contributed by atoms with van der Waals surface area (Å²) in [5, 5.41) is 8.76. The van der Waals surface area contributed by atoms with E-state index in [2.05, 4.69) is 0 Å². The minimum atomic E-state index is -5.64. The second-order valence-electron chi connectivity index (χ2n) is 4.57. The molecule has 8 heteroatoms. The van der Waals surface area contributed by atoms with Gasteiger partial charge in [-0.2, -0.15) is 26.3 Å². The lowest BCUT2D eigenvalue weighted by molar-refractivity contribution is -0.362. The molecule has 0 radical (unpaired) electrons. The molecule has 2 nitrogen and oxygen atoms in total. The highest BCUT2D eigenvalue weighted by atomic mass is 19.4. The van der Waals surface area contributed by atoms with Crippen LogP contribution in [0.4, 0.5) is 26.3 Å². The molecule has 1 N–H and O–H groups in total. The number of allylic oxidation sites excluding steroid dienone is 2. The zero-order valence-electron chi connectivity index (χ0n) is 8.72. The first-order valence-corrected chi connectivity index (χ1v) is 5.08. The van der Waals surface area contributed by atoms with Crippen molar-refractivity contribution in [1.29, 1.82) is 0 Å². The molecule has 2 rings (SSSR count). The average Bonchev–Trinajstić information content (AvgIpc) is 2.70. The Bertz CT molecular complexity index is 394. The molecule has 0 aliphatic heterocycles. The summed E-state index contributed by atoms with van der Waals surface area (Å²) in [6.07, 6.45) is -9.72. The van der Waals surface area contributed by atoms with E-state index in [1.165, 1.54) is 0 Å². The summed E-state index contributed by atoms with van der Waals surface area (Å²) in [6.45, 7) is 0. The van der Waals surface area contributed by atoms with E-state index in [-0.39, 0.29) is 0 Å². The van der Waals surface area contributed by atoms with Gasteiger partial charge in [-0.15, -0.1) is 0 Å². The van der Waals surface area contributed by atoms with E-state index in [0.717, 1.165) is 12.2 Å². The molecule has 0 aromatic heterocycles. The molecular weight excluding hydrogens is 266 g/mol. The lowest BCUT2D eigenvalue weighted by atomic mass is 9.67.